The quantitative estimate of drug-likeness (QED) is 0.872. The summed E-state index contributed by atoms with van der Waals surface area (Å²) in [5, 5.41) is 8.76. The Bertz CT molecular complexity index is 739. The maximum absolute atomic E-state index is 12.2. The van der Waals surface area contributed by atoms with Gasteiger partial charge in [0.15, 0.2) is 0 Å². The maximum atomic E-state index is 12.2. The first-order valence-corrected chi connectivity index (χ1v) is 8.48. The number of aromatic nitrogens is 3. The van der Waals surface area contributed by atoms with E-state index in [-0.39, 0.29) is 36.8 Å². The molecule has 0 saturated carbocycles. The number of hydrogen-bond acceptors (Lipinski definition) is 6. The zero-order valence-corrected chi connectivity index (χ0v) is 14.4. The molecule has 0 aliphatic carbocycles. The molecule has 1 N–H and O–H groups in total. The summed E-state index contributed by atoms with van der Waals surface area (Å²) in [6.45, 7) is 0.710. The van der Waals surface area contributed by atoms with E-state index in [0.29, 0.717) is 6.61 Å². The highest BCUT2D eigenvalue weighted by Gasteiger charge is 2.25. The van der Waals surface area contributed by atoms with Crippen molar-refractivity contribution in [1.82, 2.24) is 19.7 Å². The van der Waals surface area contributed by atoms with Crippen molar-refractivity contribution in [2.24, 2.45) is 0 Å². The lowest BCUT2D eigenvalue weighted by Gasteiger charge is -2.22. The van der Waals surface area contributed by atoms with Gasteiger partial charge in [-0.2, -0.15) is 0 Å². The molecular formula is C15H19N5O3S. The molecule has 1 aliphatic rings. The Morgan fingerprint density at radius 2 is 2.33 bits per heavy atom. The van der Waals surface area contributed by atoms with Crippen molar-refractivity contribution < 1.29 is 14.3 Å². The van der Waals surface area contributed by atoms with Crippen molar-refractivity contribution in [3.05, 3.63) is 28.2 Å². The van der Waals surface area contributed by atoms with Crippen molar-refractivity contribution in [2.45, 2.75) is 25.5 Å². The summed E-state index contributed by atoms with van der Waals surface area (Å²) in [5.74, 6) is -0.120. The number of carbonyl (C=O) groups is 2. The number of rotatable bonds is 5. The smallest absolute Gasteiger partial charge is 0.248 e. The molecule has 0 fully saturated rings. The standard InChI is InChI=1S/C15H19N5O3S/c1-19(2)13(22)8-20-9-16-15(18-20)17-12(21)7-11-14-10(3-5-23-11)4-6-24-14/h4,6,9,11H,3,5,7-8H2,1-2H3,(H,17,18,21). The predicted octanol–water partition coefficient (Wildman–Crippen LogP) is 1.07. The summed E-state index contributed by atoms with van der Waals surface area (Å²) >= 11 is 1.61. The molecule has 2 aromatic heterocycles. The number of ether oxygens (including phenoxy) is 1. The molecule has 0 aromatic carbocycles. The number of carbonyl (C=O) groups excluding carboxylic acids is 2. The van der Waals surface area contributed by atoms with Crippen LogP contribution in [0.15, 0.2) is 17.8 Å². The molecule has 2 aromatic rings. The normalized spacial score (nSPS) is 16.5. The summed E-state index contributed by atoms with van der Waals surface area (Å²) in [5.41, 5.74) is 1.26. The van der Waals surface area contributed by atoms with Crippen LogP contribution in [0.5, 0.6) is 0 Å². The summed E-state index contributed by atoms with van der Waals surface area (Å²) in [7, 11) is 3.34. The third kappa shape index (κ3) is 3.80. The van der Waals surface area contributed by atoms with E-state index in [1.54, 1.807) is 25.4 Å². The molecule has 1 unspecified atom stereocenters. The van der Waals surface area contributed by atoms with Gasteiger partial charge in [0.2, 0.25) is 17.8 Å². The van der Waals surface area contributed by atoms with Gasteiger partial charge in [-0.15, -0.1) is 16.4 Å². The first-order chi connectivity index (χ1) is 11.5. The highest BCUT2D eigenvalue weighted by molar-refractivity contribution is 7.10. The van der Waals surface area contributed by atoms with Crippen LogP contribution in [0.4, 0.5) is 5.95 Å². The fourth-order valence-corrected chi connectivity index (χ4v) is 3.43. The van der Waals surface area contributed by atoms with Crippen molar-refractivity contribution in [3.8, 4) is 0 Å². The Labute approximate surface area is 143 Å². The molecule has 1 aliphatic heterocycles. The molecule has 0 spiro atoms. The second-order valence-corrected chi connectivity index (χ2v) is 6.67. The number of fused-ring (bicyclic) bond motifs is 1. The summed E-state index contributed by atoms with van der Waals surface area (Å²) in [4.78, 5) is 30.4. The van der Waals surface area contributed by atoms with E-state index in [1.807, 2.05) is 5.38 Å². The minimum atomic E-state index is -0.217. The van der Waals surface area contributed by atoms with Gasteiger partial charge in [0.05, 0.1) is 13.0 Å². The molecule has 128 valence electrons. The first kappa shape index (κ1) is 16.6. The number of nitrogens with zero attached hydrogens (tertiary/aromatic N) is 4. The number of anilines is 1. The Morgan fingerprint density at radius 1 is 1.50 bits per heavy atom. The van der Waals surface area contributed by atoms with Gasteiger partial charge in [0.1, 0.15) is 19.0 Å². The van der Waals surface area contributed by atoms with Gasteiger partial charge in [-0.25, -0.2) is 9.67 Å². The molecule has 8 nitrogen and oxygen atoms in total. The van der Waals surface area contributed by atoms with Crippen molar-refractivity contribution in [2.75, 3.05) is 26.0 Å². The van der Waals surface area contributed by atoms with E-state index >= 15 is 0 Å². The van der Waals surface area contributed by atoms with Gasteiger partial charge in [0.25, 0.3) is 0 Å². The zero-order chi connectivity index (χ0) is 17.1. The molecular weight excluding hydrogens is 330 g/mol. The number of amides is 2. The van der Waals surface area contributed by atoms with Gasteiger partial charge in [-0.1, -0.05) is 0 Å². The fourth-order valence-electron chi connectivity index (χ4n) is 2.43. The van der Waals surface area contributed by atoms with Gasteiger partial charge in [0, 0.05) is 19.0 Å². The summed E-state index contributed by atoms with van der Waals surface area (Å²) < 4.78 is 7.10. The molecule has 0 saturated heterocycles. The van der Waals surface area contributed by atoms with Crippen LogP contribution < -0.4 is 5.32 Å². The highest BCUT2D eigenvalue weighted by Crippen LogP contribution is 2.33. The molecule has 9 heteroatoms. The second-order valence-electron chi connectivity index (χ2n) is 5.73. The zero-order valence-electron chi connectivity index (χ0n) is 13.6. The van der Waals surface area contributed by atoms with Crippen molar-refractivity contribution >= 4 is 29.1 Å². The maximum Gasteiger partial charge on any atom is 0.248 e. The lowest BCUT2D eigenvalue weighted by molar-refractivity contribution is -0.129. The molecule has 3 rings (SSSR count). The second kappa shape index (κ2) is 7.10. The van der Waals surface area contributed by atoms with Crippen LogP contribution in [0.3, 0.4) is 0 Å². The number of thiophene rings is 1. The Balaban J connectivity index is 1.56. The van der Waals surface area contributed by atoms with Gasteiger partial charge in [-0.05, 0) is 23.4 Å². The average Bonchev–Trinajstić information content (AvgIpc) is 3.17. The number of likely N-dealkylation sites (N-methyl/N-ethyl adjacent to an activating group) is 1. The van der Waals surface area contributed by atoms with Crippen LogP contribution >= 0.6 is 11.3 Å². The van der Waals surface area contributed by atoms with Crippen LogP contribution in [0.2, 0.25) is 0 Å². The Kier molecular flexibility index (Phi) is 4.91. The minimum Gasteiger partial charge on any atom is -0.372 e. The van der Waals surface area contributed by atoms with Gasteiger partial charge < -0.3 is 9.64 Å². The largest absolute Gasteiger partial charge is 0.372 e. The van der Waals surface area contributed by atoms with Crippen molar-refractivity contribution in [1.29, 1.82) is 0 Å². The molecule has 1 atom stereocenters. The van der Waals surface area contributed by atoms with E-state index < -0.39 is 0 Å². The minimum absolute atomic E-state index is 0.0835. The average molecular weight is 349 g/mol. The molecule has 0 bridgehead atoms. The highest BCUT2D eigenvalue weighted by atomic mass is 32.1. The monoisotopic (exact) mass is 349 g/mol. The van der Waals surface area contributed by atoms with Crippen LogP contribution in [0.25, 0.3) is 0 Å². The van der Waals surface area contributed by atoms with E-state index in [0.717, 1.165) is 11.3 Å². The molecule has 24 heavy (non-hydrogen) atoms. The summed E-state index contributed by atoms with van der Waals surface area (Å²) in [6, 6.07) is 2.08. The van der Waals surface area contributed by atoms with Crippen LogP contribution in [-0.4, -0.2) is 52.2 Å². The molecule has 2 amide bonds. The Morgan fingerprint density at radius 3 is 3.12 bits per heavy atom. The third-order valence-electron chi connectivity index (χ3n) is 3.72. The molecule has 0 radical (unpaired) electrons. The van der Waals surface area contributed by atoms with E-state index in [9.17, 15) is 9.59 Å². The third-order valence-corrected chi connectivity index (χ3v) is 4.77. The lowest BCUT2D eigenvalue weighted by atomic mass is 10.1. The van der Waals surface area contributed by atoms with E-state index in [2.05, 4.69) is 21.5 Å². The van der Waals surface area contributed by atoms with Crippen LogP contribution in [-0.2, 0) is 27.3 Å². The van der Waals surface area contributed by atoms with E-state index in [1.165, 1.54) is 21.5 Å². The van der Waals surface area contributed by atoms with E-state index in [4.69, 9.17) is 4.74 Å². The van der Waals surface area contributed by atoms with Crippen LogP contribution in [0, 0.1) is 0 Å². The summed E-state index contributed by atoms with van der Waals surface area (Å²) in [6.07, 6.45) is 2.32. The molecule has 3 heterocycles. The Hall–Kier alpha value is -2.26. The van der Waals surface area contributed by atoms with Gasteiger partial charge >= 0.3 is 0 Å². The van der Waals surface area contributed by atoms with Gasteiger partial charge in [-0.3, -0.25) is 14.9 Å². The number of hydrogen-bond donors (Lipinski definition) is 1. The number of nitrogens with one attached hydrogen (secondary N) is 1. The fraction of sp³-hybridized carbons (Fsp3) is 0.467. The topological polar surface area (TPSA) is 89.4 Å². The first-order valence-electron chi connectivity index (χ1n) is 7.60. The lowest BCUT2D eigenvalue weighted by Crippen LogP contribution is -2.26. The SMILES string of the molecule is CN(C)C(=O)Cn1cnc(NC(=O)CC2OCCc3ccsc32)n1. The van der Waals surface area contributed by atoms with Crippen molar-refractivity contribution in [3.63, 3.8) is 0 Å². The van der Waals surface area contributed by atoms with Crippen LogP contribution in [0.1, 0.15) is 23.0 Å². The predicted molar refractivity (Wildman–Crippen MR) is 88.7 cm³/mol.